The van der Waals surface area contributed by atoms with Crippen molar-refractivity contribution >= 4 is 6.03 Å². The maximum absolute atomic E-state index is 10.8. The Labute approximate surface area is 83.3 Å². The number of aryl methyl sites for hydroxylation is 1. The number of hydrogen-bond acceptors (Lipinski definition) is 1. The van der Waals surface area contributed by atoms with Crippen molar-refractivity contribution in [3.63, 3.8) is 0 Å². The third-order valence-electron chi connectivity index (χ3n) is 2.69. The van der Waals surface area contributed by atoms with Gasteiger partial charge in [-0.3, -0.25) is 0 Å². The van der Waals surface area contributed by atoms with E-state index in [1.807, 2.05) is 12.1 Å². The number of carbonyl (C=O) groups is 1. The number of nitrogens with one attached hydrogen (secondary N) is 1. The minimum atomic E-state index is -0.438. The van der Waals surface area contributed by atoms with E-state index in [2.05, 4.69) is 17.4 Å². The minimum Gasteiger partial charge on any atom is -0.352 e. The molecule has 2 rings (SSSR count). The van der Waals surface area contributed by atoms with Gasteiger partial charge >= 0.3 is 6.03 Å². The van der Waals surface area contributed by atoms with E-state index in [9.17, 15) is 4.79 Å². The van der Waals surface area contributed by atoms with Crippen molar-refractivity contribution in [3.8, 4) is 0 Å². The van der Waals surface area contributed by atoms with Crippen LogP contribution in [-0.4, -0.2) is 6.03 Å². The maximum Gasteiger partial charge on any atom is 0.312 e. The first kappa shape index (κ1) is 9.06. The fraction of sp³-hybridized carbons (Fsp3) is 0.364. The first-order valence-electron chi connectivity index (χ1n) is 4.91. The number of primary amides is 1. The fourth-order valence-electron chi connectivity index (χ4n) is 2.08. The molecule has 3 N–H and O–H groups in total. The summed E-state index contributed by atoms with van der Waals surface area (Å²) in [5.74, 6) is 0. The van der Waals surface area contributed by atoms with Crippen LogP contribution in [0.25, 0.3) is 0 Å². The summed E-state index contributed by atoms with van der Waals surface area (Å²) in [5.41, 5.74) is 7.68. The SMILES string of the molecule is NC(=O)NC1CCCc2ccccc21. The van der Waals surface area contributed by atoms with Crippen molar-refractivity contribution in [1.29, 1.82) is 0 Å². The van der Waals surface area contributed by atoms with Gasteiger partial charge < -0.3 is 11.1 Å². The van der Waals surface area contributed by atoms with Gasteiger partial charge in [-0.05, 0) is 30.4 Å². The summed E-state index contributed by atoms with van der Waals surface area (Å²) in [6, 6.07) is 7.88. The van der Waals surface area contributed by atoms with E-state index in [-0.39, 0.29) is 6.04 Å². The Morgan fingerprint density at radius 3 is 3.00 bits per heavy atom. The fourth-order valence-corrected chi connectivity index (χ4v) is 2.08. The van der Waals surface area contributed by atoms with Crippen LogP contribution in [-0.2, 0) is 6.42 Å². The molecule has 0 saturated carbocycles. The summed E-state index contributed by atoms with van der Waals surface area (Å²) in [6.07, 6.45) is 3.20. The Bertz CT molecular complexity index is 349. The third-order valence-corrected chi connectivity index (χ3v) is 2.69. The van der Waals surface area contributed by atoms with Crippen molar-refractivity contribution in [2.24, 2.45) is 5.73 Å². The zero-order valence-corrected chi connectivity index (χ0v) is 7.99. The number of hydrogen-bond donors (Lipinski definition) is 2. The van der Waals surface area contributed by atoms with E-state index in [1.165, 1.54) is 11.1 Å². The normalized spacial score (nSPS) is 19.9. The molecule has 0 bridgehead atoms. The van der Waals surface area contributed by atoms with Gasteiger partial charge in [0.1, 0.15) is 0 Å². The second-order valence-electron chi connectivity index (χ2n) is 3.65. The third kappa shape index (κ3) is 1.71. The molecule has 0 aliphatic heterocycles. The van der Waals surface area contributed by atoms with E-state index in [0.29, 0.717) is 0 Å². The number of rotatable bonds is 1. The number of fused-ring (bicyclic) bond motifs is 1. The molecule has 0 radical (unpaired) electrons. The van der Waals surface area contributed by atoms with Crippen LogP contribution in [0.5, 0.6) is 0 Å². The summed E-state index contributed by atoms with van der Waals surface area (Å²) >= 11 is 0. The van der Waals surface area contributed by atoms with Crippen LogP contribution < -0.4 is 11.1 Å². The molecule has 3 heteroatoms. The smallest absolute Gasteiger partial charge is 0.312 e. The van der Waals surface area contributed by atoms with Crippen LogP contribution >= 0.6 is 0 Å². The second-order valence-corrected chi connectivity index (χ2v) is 3.65. The van der Waals surface area contributed by atoms with Crippen molar-refractivity contribution < 1.29 is 4.79 Å². The molecule has 74 valence electrons. The van der Waals surface area contributed by atoms with Gasteiger partial charge in [0.25, 0.3) is 0 Å². The van der Waals surface area contributed by atoms with Crippen LogP contribution in [0.4, 0.5) is 4.79 Å². The van der Waals surface area contributed by atoms with Gasteiger partial charge in [0.2, 0.25) is 0 Å². The standard InChI is InChI=1S/C11H14N2O/c12-11(14)13-10-7-3-5-8-4-1-2-6-9(8)10/h1-2,4,6,10H,3,5,7H2,(H3,12,13,14). The molecular weight excluding hydrogens is 176 g/mol. The van der Waals surface area contributed by atoms with Gasteiger partial charge in [-0.2, -0.15) is 0 Å². The minimum absolute atomic E-state index is 0.109. The van der Waals surface area contributed by atoms with E-state index in [1.54, 1.807) is 0 Å². The van der Waals surface area contributed by atoms with Crippen LogP contribution in [0.15, 0.2) is 24.3 Å². The number of urea groups is 1. The van der Waals surface area contributed by atoms with E-state index in [0.717, 1.165) is 19.3 Å². The molecule has 0 saturated heterocycles. The molecule has 14 heavy (non-hydrogen) atoms. The average Bonchev–Trinajstić information content (AvgIpc) is 2.18. The quantitative estimate of drug-likeness (QED) is 0.696. The Hall–Kier alpha value is -1.51. The molecule has 1 aromatic carbocycles. The van der Waals surface area contributed by atoms with Crippen molar-refractivity contribution in [2.45, 2.75) is 25.3 Å². The molecule has 2 amide bonds. The molecule has 1 unspecified atom stereocenters. The van der Waals surface area contributed by atoms with E-state index in [4.69, 9.17) is 5.73 Å². The highest BCUT2D eigenvalue weighted by atomic mass is 16.2. The van der Waals surface area contributed by atoms with Gasteiger partial charge in [-0.25, -0.2) is 4.79 Å². The van der Waals surface area contributed by atoms with Gasteiger partial charge in [-0.1, -0.05) is 24.3 Å². The summed E-state index contributed by atoms with van der Waals surface area (Å²) in [4.78, 5) is 10.8. The summed E-state index contributed by atoms with van der Waals surface area (Å²) in [6.45, 7) is 0. The highest BCUT2D eigenvalue weighted by Gasteiger charge is 2.19. The van der Waals surface area contributed by atoms with Gasteiger partial charge in [0, 0.05) is 0 Å². The van der Waals surface area contributed by atoms with Crippen LogP contribution in [0.2, 0.25) is 0 Å². The van der Waals surface area contributed by atoms with Gasteiger partial charge in [0.15, 0.2) is 0 Å². The van der Waals surface area contributed by atoms with Gasteiger partial charge in [-0.15, -0.1) is 0 Å². The van der Waals surface area contributed by atoms with Crippen molar-refractivity contribution in [3.05, 3.63) is 35.4 Å². The predicted octanol–water partition coefficient (Wildman–Crippen LogP) is 1.73. The Kier molecular flexibility index (Phi) is 2.39. The largest absolute Gasteiger partial charge is 0.352 e. The number of carbonyl (C=O) groups excluding carboxylic acids is 1. The lowest BCUT2D eigenvalue weighted by molar-refractivity contribution is 0.244. The van der Waals surface area contributed by atoms with Gasteiger partial charge in [0.05, 0.1) is 6.04 Å². The molecule has 0 aromatic heterocycles. The molecule has 0 spiro atoms. The average molecular weight is 190 g/mol. The van der Waals surface area contributed by atoms with Crippen molar-refractivity contribution in [1.82, 2.24) is 5.32 Å². The van der Waals surface area contributed by atoms with E-state index >= 15 is 0 Å². The van der Waals surface area contributed by atoms with E-state index < -0.39 is 6.03 Å². The number of benzene rings is 1. The molecule has 0 fully saturated rings. The summed E-state index contributed by atoms with van der Waals surface area (Å²) in [5, 5.41) is 2.78. The van der Waals surface area contributed by atoms with Crippen LogP contribution in [0.3, 0.4) is 0 Å². The first-order valence-corrected chi connectivity index (χ1v) is 4.91. The second kappa shape index (κ2) is 3.70. The lowest BCUT2D eigenvalue weighted by Gasteiger charge is -2.25. The zero-order valence-electron chi connectivity index (χ0n) is 7.99. The first-order chi connectivity index (χ1) is 6.77. The molecule has 1 aromatic rings. The Morgan fingerprint density at radius 1 is 1.43 bits per heavy atom. The summed E-state index contributed by atoms with van der Waals surface area (Å²) in [7, 11) is 0. The topological polar surface area (TPSA) is 55.1 Å². The molecule has 3 nitrogen and oxygen atoms in total. The highest BCUT2D eigenvalue weighted by molar-refractivity contribution is 5.72. The molecule has 1 aliphatic rings. The van der Waals surface area contributed by atoms with Crippen LogP contribution in [0, 0.1) is 0 Å². The number of amides is 2. The lowest BCUT2D eigenvalue weighted by atomic mass is 9.88. The maximum atomic E-state index is 10.8. The Morgan fingerprint density at radius 2 is 2.21 bits per heavy atom. The molecule has 1 aliphatic carbocycles. The summed E-state index contributed by atoms with van der Waals surface area (Å²) < 4.78 is 0. The van der Waals surface area contributed by atoms with Crippen LogP contribution in [0.1, 0.15) is 30.0 Å². The lowest BCUT2D eigenvalue weighted by Crippen LogP contribution is -2.34. The molecule has 1 atom stereocenters. The predicted molar refractivity (Wildman–Crippen MR) is 54.8 cm³/mol. The number of nitrogens with two attached hydrogens (primary N) is 1. The molecular formula is C11H14N2O. The van der Waals surface area contributed by atoms with Crippen molar-refractivity contribution in [2.75, 3.05) is 0 Å². The highest BCUT2D eigenvalue weighted by Crippen LogP contribution is 2.28. The molecule has 0 heterocycles. The zero-order chi connectivity index (χ0) is 9.97. The monoisotopic (exact) mass is 190 g/mol. The Balaban J connectivity index is 2.26.